The Kier molecular flexibility index (Phi) is 6.73. The monoisotopic (exact) mass is 434 g/mol. The van der Waals surface area contributed by atoms with Crippen molar-refractivity contribution in [3.05, 3.63) is 16.9 Å². The van der Waals surface area contributed by atoms with E-state index in [1.165, 1.54) is 12.6 Å². The minimum Gasteiger partial charge on any atom is -0.341 e. The molecule has 0 aromatic carbocycles. The van der Waals surface area contributed by atoms with Crippen LogP contribution in [0, 0.1) is 0 Å². The summed E-state index contributed by atoms with van der Waals surface area (Å²) in [6, 6.07) is -0.148. The van der Waals surface area contributed by atoms with Crippen LogP contribution in [-0.4, -0.2) is 94.9 Å². The summed E-state index contributed by atoms with van der Waals surface area (Å²) < 4.78 is 0. The van der Waals surface area contributed by atoms with Crippen LogP contribution >= 0.6 is 11.6 Å². The van der Waals surface area contributed by atoms with E-state index in [1.807, 2.05) is 11.8 Å². The molecule has 0 aliphatic carbocycles. The SMILES string of the molecule is CC(C(=O)N1CCCCC1)N1CCN(C(=O)c2nc(N3CCCC3)ncc2Cl)CC1. The molecule has 3 saturated heterocycles. The zero-order valence-corrected chi connectivity index (χ0v) is 18.5. The van der Waals surface area contributed by atoms with Crippen molar-refractivity contribution in [2.45, 2.75) is 45.1 Å². The maximum Gasteiger partial charge on any atom is 0.274 e. The molecule has 4 rings (SSSR count). The van der Waals surface area contributed by atoms with Crippen LogP contribution < -0.4 is 4.90 Å². The summed E-state index contributed by atoms with van der Waals surface area (Å²) in [6.45, 7) is 8.03. The summed E-state index contributed by atoms with van der Waals surface area (Å²) in [5.41, 5.74) is 0.277. The summed E-state index contributed by atoms with van der Waals surface area (Å²) in [4.78, 5) is 42.7. The highest BCUT2D eigenvalue weighted by molar-refractivity contribution is 6.33. The molecular formula is C21H31ClN6O2. The zero-order chi connectivity index (χ0) is 21.1. The van der Waals surface area contributed by atoms with Crippen molar-refractivity contribution in [2.24, 2.45) is 0 Å². The second kappa shape index (κ2) is 9.47. The number of carbonyl (C=O) groups is 2. The number of hydrogen-bond donors (Lipinski definition) is 0. The van der Waals surface area contributed by atoms with Gasteiger partial charge in [-0.2, -0.15) is 0 Å². The van der Waals surface area contributed by atoms with Crippen molar-refractivity contribution < 1.29 is 9.59 Å². The molecule has 1 unspecified atom stereocenters. The number of halogens is 1. The van der Waals surface area contributed by atoms with Crippen molar-refractivity contribution in [2.75, 3.05) is 57.3 Å². The highest BCUT2D eigenvalue weighted by Gasteiger charge is 2.32. The lowest BCUT2D eigenvalue weighted by Gasteiger charge is -2.39. The standard InChI is InChI=1S/C21H31ClN6O2/c1-16(19(29)26-7-3-2-4-8-26)25-11-13-27(14-12-25)20(30)18-17(22)15-23-21(24-18)28-9-5-6-10-28/h15-16H,2-14H2,1H3. The van der Waals surface area contributed by atoms with E-state index in [2.05, 4.69) is 19.8 Å². The third-order valence-electron chi connectivity index (χ3n) is 6.50. The number of hydrogen-bond acceptors (Lipinski definition) is 6. The van der Waals surface area contributed by atoms with Crippen molar-refractivity contribution in [3.63, 3.8) is 0 Å². The van der Waals surface area contributed by atoms with E-state index >= 15 is 0 Å². The molecule has 1 aromatic rings. The Morgan fingerprint density at radius 1 is 0.900 bits per heavy atom. The Hall–Kier alpha value is -1.93. The van der Waals surface area contributed by atoms with Gasteiger partial charge < -0.3 is 14.7 Å². The average molecular weight is 435 g/mol. The maximum absolute atomic E-state index is 13.1. The molecule has 164 valence electrons. The molecule has 0 N–H and O–H groups in total. The number of aromatic nitrogens is 2. The summed E-state index contributed by atoms with van der Waals surface area (Å²) in [5, 5.41) is 0.291. The number of rotatable bonds is 4. The third kappa shape index (κ3) is 4.54. The Morgan fingerprint density at radius 3 is 2.20 bits per heavy atom. The van der Waals surface area contributed by atoms with Gasteiger partial charge in [0.05, 0.1) is 17.3 Å². The number of carbonyl (C=O) groups excluding carboxylic acids is 2. The molecule has 0 radical (unpaired) electrons. The normalized spacial score (nSPS) is 21.7. The zero-order valence-electron chi connectivity index (χ0n) is 17.7. The quantitative estimate of drug-likeness (QED) is 0.720. The van der Waals surface area contributed by atoms with Gasteiger partial charge in [-0.1, -0.05) is 11.6 Å². The van der Waals surface area contributed by atoms with Crippen LogP contribution in [0.25, 0.3) is 0 Å². The molecule has 3 aliphatic rings. The Labute approximate surface area is 183 Å². The maximum atomic E-state index is 13.1. The van der Waals surface area contributed by atoms with Crippen molar-refractivity contribution >= 4 is 29.4 Å². The topological polar surface area (TPSA) is 72.9 Å². The third-order valence-corrected chi connectivity index (χ3v) is 6.77. The first-order valence-electron chi connectivity index (χ1n) is 11.1. The lowest BCUT2D eigenvalue weighted by atomic mass is 10.1. The minimum absolute atomic E-state index is 0.148. The smallest absolute Gasteiger partial charge is 0.274 e. The van der Waals surface area contributed by atoms with Crippen LogP contribution in [0.2, 0.25) is 5.02 Å². The lowest BCUT2D eigenvalue weighted by Crippen LogP contribution is -2.56. The molecule has 0 spiro atoms. The highest BCUT2D eigenvalue weighted by atomic mass is 35.5. The molecule has 30 heavy (non-hydrogen) atoms. The van der Waals surface area contributed by atoms with Crippen LogP contribution in [0.4, 0.5) is 5.95 Å². The first kappa shape index (κ1) is 21.3. The lowest BCUT2D eigenvalue weighted by molar-refractivity contribution is -0.137. The number of piperazine rings is 1. The van der Waals surface area contributed by atoms with Gasteiger partial charge in [0.1, 0.15) is 0 Å². The fraction of sp³-hybridized carbons (Fsp3) is 0.714. The summed E-state index contributed by atoms with van der Waals surface area (Å²) in [6.07, 6.45) is 7.17. The van der Waals surface area contributed by atoms with E-state index in [1.54, 1.807) is 4.90 Å². The van der Waals surface area contributed by atoms with Gasteiger partial charge in [0.15, 0.2) is 5.69 Å². The second-order valence-electron chi connectivity index (χ2n) is 8.45. The van der Waals surface area contributed by atoms with Crippen molar-refractivity contribution in [1.29, 1.82) is 0 Å². The van der Waals surface area contributed by atoms with Gasteiger partial charge in [0.25, 0.3) is 5.91 Å². The van der Waals surface area contributed by atoms with E-state index < -0.39 is 0 Å². The Morgan fingerprint density at radius 2 is 1.53 bits per heavy atom. The number of amides is 2. The Bertz CT molecular complexity index is 771. The van der Waals surface area contributed by atoms with Gasteiger partial charge in [-0.3, -0.25) is 14.5 Å². The Balaban J connectivity index is 1.36. The predicted octanol–water partition coefficient (Wildman–Crippen LogP) is 1.89. The summed E-state index contributed by atoms with van der Waals surface area (Å²) in [7, 11) is 0. The fourth-order valence-electron chi connectivity index (χ4n) is 4.57. The number of nitrogens with zero attached hydrogens (tertiary/aromatic N) is 6. The van der Waals surface area contributed by atoms with E-state index in [0.717, 1.165) is 51.9 Å². The van der Waals surface area contributed by atoms with E-state index in [9.17, 15) is 9.59 Å². The van der Waals surface area contributed by atoms with Gasteiger partial charge >= 0.3 is 0 Å². The molecular weight excluding hydrogens is 404 g/mol. The van der Waals surface area contributed by atoms with Crippen molar-refractivity contribution in [3.8, 4) is 0 Å². The van der Waals surface area contributed by atoms with E-state index in [4.69, 9.17) is 11.6 Å². The first-order chi connectivity index (χ1) is 14.5. The minimum atomic E-state index is -0.155. The molecule has 0 saturated carbocycles. The number of likely N-dealkylation sites (tertiary alicyclic amines) is 1. The predicted molar refractivity (Wildman–Crippen MR) is 116 cm³/mol. The van der Waals surface area contributed by atoms with E-state index in [-0.39, 0.29) is 23.6 Å². The molecule has 9 heteroatoms. The summed E-state index contributed by atoms with van der Waals surface area (Å²) >= 11 is 6.27. The fourth-order valence-corrected chi connectivity index (χ4v) is 4.75. The van der Waals surface area contributed by atoms with Crippen LogP contribution in [0.3, 0.4) is 0 Å². The molecule has 3 fully saturated rings. The molecule has 2 amide bonds. The van der Waals surface area contributed by atoms with Crippen LogP contribution in [0.5, 0.6) is 0 Å². The summed E-state index contributed by atoms with van der Waals surface area (Å²) in [5.74, 6) is 0.640. The van der Waals surface area contributed by atoms with Gasteiger partial charge in [-0.15, -0.1) is 0 Å². The molecule has 0 bridgehead atoms. The molecule has 8 nitrogen and oxygen atoms in total. The first-order valence-corrected chi connectivity index (χ1v) is 11.5. The molecule has 1 atom stereocenters. The van der Waals surface area contributed by atoms with E-state index in [0.29, 0.717) is 37.1 Å². The molecule has 3 aliphatic heterocycles. The largest absolute Gasteiger partial charge is 0.341 e. The molecule has 4 heterocycles. The van der Waals surface area contributed by atoms with Gasteiger partial charge in [-0.05, 0) is 39.0 Å². The average Bonchev–Trinajstić information content (AvgIpc) is 3.34. The van der Waals surface area contributed by atoms with Crippen LogP contribution in [-0.2, 0) is 4.79 Å². The van der Waals surface area contributed by atoms with Gasteiger partial charge in [0, 0.05) is 52.4 Å². The van der Waals surface area contributed by atoms with Crippen molar-refractivity contribution in [1.82, 2.24) is 24.7 Å². The van der Waals surface area contributed by atoms with Gasteiger partial charge in [-0.25, -0.2) is 9.97 Å². The van der Waals surface area contributed by atoms with Crippen LogP contribution in [0.1, 0.15) is 49.5 Å². The van der Waals surface area contributed by atoms with Gasteiger partial charge in [0.2, 0.25) is 11.9 Å². The highest BCUT2D eigenvalue weighted by Crippen LogP contribution is 2.22. The van der Waals surface area contributed by atoms with Crippen LogP contribution in [0.15, 0.2) is 6.20 Å². The number of piperidine rings is 1. The molecule has 1 aromatic heterocycles. The number of anilines is 1. The second-order valence-corrected chi connectivity index (χ2v) is 8.86.